The van der Waals surface area contributed by atoms with Gasteiger partial charge in [-0.1, -0.05) is 13.8 Å². The summed E-state index contributed by atoms with van der Waals surface area (Å²) in [5, 5.41) is 14.7. The van der Waals surface area contributed by atoms with Crippen molar-refractivity contribution in [1.29, 1.82) is 0 Å². The van der Waals surface area contributed by atoms with E-state index in [1.807, 2.05) is 26.0 Å². The molecule has 0 amide bonds. The number of pyridine rings is 1. The molecule has 5 heteroatoms. The maximum Gasteiger partial charge on any atom is 0.169 e. The van der Waals surface area contributed by atoms with Gasteiger partial charge in [0.15, 0.2) is 5.65 Å². The Balaban J connectivity index is 2.69. The number of halogens is 1. The van der Waals surface area contributed by atoms with Crippen LogP contribution >= 0.6 is 15.9 Å². The van der Waals surface area contributed by atoms with Gasteiger partial charge < -0.3 is 5.11 Å². The van der Waals surface area contributed by atoms with Crippen molar-refractivity contribution in [2.45, 2.75) is 32.3 Å². The smallest absolute Gasteiger partial charge is 0.169 e. The molecular formula is C11H14BrN3O. The highest BCUT2D eigenvalue weighted by Crippen LogP contribution is 2.30. The van der Waals surface area contributed by atoms with Gasteiger partial charge in [0.2, 0.25) is 0 Å². The molecule has 0 saturated carbocycles. The minimum absolute atomic E-state index is 0.653. The highest BCUT2D eigenvalue weighted by molar-refractivity contribution is 9.10. The largest absolute Gasteiger partial charge is 0.384 e. The van der Waals surface area contributed by atoms with Crippen LogP contribution in [0.3, 0.4) is 0 Å². The molecule has 0 aromatic carbocycles. The van der Waals surface area contributed by atoms with E-state index < -0.39 is 5.60 Å². The Morgan fingerprint density at radius 2 is 2.06 bits per heavy atom. The third-order valence-electron chi connectivity index (χ3n) is 3.02. The van der Waals surface area contributed by atoms with E-state index >= 15 is 0 Å². The van der Waals surface area contributed by atoms with Gasteiger partial charge >= 0.3 is 0 Å². The first kappa shape index (κ1) is 11.5. The van der Waals surface area contributed by atoms with Crippen LogP contribution in [0.2, 0.25) is 0 Å². The molecule has 0 aliphatic heterocycles. The summed E-state index contributed by atoms with van der Waals surface area (Å²) in [5.74, 6) is 0. The molecule has 0 spiro atoms. The van der Waals surface area contributed by atoms with Crippen molar-refractivity contribution in [3.05, 3.63) is 28.6 Å². The summed E-state index contributed by atoms with van der Waals surface area (Å²) in [6.45, 7) is 3.93. The Hall–Kier alpha value is -0.940. The zero-order chi connectivity index (χ0) is 11.8. The van der Waals surface area contributed by atoms with E-state index in [0.717, 1.165) is 15.8 Å². The lowest BCUT2D eigenvalue weighted by Crippen LogP contribution is -2.26. The molecule has 0 fully saturated rings. The topological polar surface area (TPSA) is 50.4 Å². The first-order valence-electron chi connectivity index (χ1n) is 5.33. The van der Waals surface area contributed by atoms with Gasteiger partial charge in [-0.2, -0.15) is 5.10 Å². The Morgan fingerprint density at radius 3 is 2.69 bits per heavy atom. The highest BCUT2D eigenvalue weighted by Gasteiger charge is 2.28. The second-order valence-corrected chi connectivity index (χ2v) is 4.65. The average Bonchev–Trinajstić information content (AvgIpc) is 2.78. The lowest BCUT2D eigenvalue weighted by Gasteiger charge is -2.25. The molecule has 86 valence electrons. The van der Waals surface area contributed by atoms with Crippen LogP contribution in [-0.2, 0) is 5.60 Å². The highest BCUT2D eigenvalue weighted by atomic mass is 79.9. The summed E-state index contributed by atoms with van der Waals surface area (Å²) in [5.41, 5.74) is 0.679. The van der Waals surface area contributed by atoms with Gasteiger partial charge in [-0.25, -0.2) is 9.50 Å². The maximum absolute atomic E-state index is 10.5. The molecule has 2 rings (SSSR count). The van der Waals surface area contributed by atoms with Crippen molar-refractivity contribution in [3.8, 4) is 0 Å². The number of rotatable bonds is 3. The van der Waals surface area contributed by atoms with Crippen LogP contribution < -0.4 is 0 Å². The van der Waals surface area contributed by atoms with Crippen LogP contribution in [0.1, 0.15) is 32.4 Å². The Morgan fingerprint density at radius 1 is 1.38 bits per heavy atom. The van der Waals surface area contributed by atoms with Crippen molar-refractivity contribution in [2.75, 3.05) is 0 Å². The molecule has 0 saturated heterocycles. The maximum atomic E-state index is 10.5. The summed E-state index contributed by atoms with van der Waals surface area (Å²) < 4.78 is 2.57. The standard InChI is InChI=1S/C11H14BrN3O/c1-3-11(16,4-2)9-6-5-8(12)10-13-7-14-15(9)10/h5-7,16H,3-4H2,1-2H3. The van der Waals surface area contributed by atoms with Gasteiger partial charge in [0.25, 0.3) is 0 Å². The number of fused-ring (bicyclic) bond motifs is 1. The number of aliphatic hydroxyl groups is 1. The zero-order valence-electron chi connectivity index (χ0n) is 9.31. The van der Waals surface area contributed by atoms with Gasteiger partial charge in [0.1, 0.15) is 11.9 Å². The van der Waals surface area contributed by atoms with E-state index in [-0.39, 0.29) is 0 Å². The number of hydrogen-bond donors (Lipinski definition) is 1. The first-order chi connectivity index (χ1) is 7.62. The zero-order valence-corrected chi connectivity index (χ0v) is 10.9. The lowest BCUT2D eigenvalue weighted by molar-refractivity contribution is 0.0219. The van der Waals surface area contributed by atoms with Gasteiger partial charge in [-0.15, -0.1) is 0 Å². The Bertz CT molecular complexity index is 505. The van der Waals surface area contributed by atoms with Crippen molar-refractivity contribution in [1.82, 2.24) is 14.6 Å². The molecule has 1 N–H and O–H groups in total. The van der Waals surface area contributed by atoms with E-state index in [2.05, 4.69) is 26.0 Å². The van der Waals surface area contributed by atoms with Crippen molar-refractivity contribution in [3.63, 3.8) is 0 Å². The van der Waals surface area contributed by atoms with Crippen LogP contribution in [0.4, 0.5) is 0 Å². The average molecular weight is 284 g/mol. The Kier molecular flexibility index (Phi) is 2.99. The van der Waals surface area contributed by atoms with Gasteiger partial charge in [0, 0.05) is 0 Å². The molecule has 0 atom stereocenters. The van der Waals surface area contributed by atoms with Crippen LogP contribution in [0, 0.1) is 0 Å². The van der Waals surface area contributed by atoms with Crippen molar-refractivity contribution >= 4 is 21.6 Å². The fourth-order valence-electron chi connectivity index (χ4n) is 1.84. The van der Waals surface area contributed by atoms with Gasteiger partial charge in [0.05, 0.1) is 10.2 Å². The normalized spacial score (nSPS) is 12.2. The fourth-order valence-corrected chi connectivity index (χ4v) is 2.24. The van der Waals surface area contributed by atoms with E-state index in [0.29, 0.717) is 12.8 Å². The molecule has 2 aromatic rings. The SMILES string of the molecule is CCC(O)(CC)c1ccc(Br)c2ncnn12. The molecule has 0 unspecified atom stereocenters. The van der Waals surface area contributed by atoms with E-state index in [4.69, 9.17) is 0 Å². The first-order valence-corrected chi connectivity index (χ1v) is 6.12. The summed E-state index contributed by atoms with van der Waals surface area (Å²) in [6, 6.07) is 3.79. The predicted octanol–water partition coefficient (Wildman–Crippen LogP) is 2.50. The number of hydrogen-bond acceptors (Lipinski definition) is 3. The predicted molar refractivity (Wildman–Crippen MR) is 65.2 cm³/mol. The summed E-state index contributed by atoms with van der Waals surface area (Å²) in [6.07, 6.45) is 2.80. The Labute approximate surface area is 102 Å². The van der Waals surface area contributed by atoms with Crippen molar-refractivity contribution < 1.29 is 5.11 Å². The van der Waals surface area contributed by atoms with Gasteiger partial charge in [-0.3, -0.25) is 0 Å². The minimum atomic E-state index is -0.841. The lowest BCUT2D eigenvalue weighted by atomic mass is 9.93. The second kappa shape index (κ2) is 4.14. The van der Waals surface area contributed by atoms with Crippen LogP contribution in [0.25, 0.3) is 5.65 Å². The number of aromatic nitrogens is 3. The van der Waals surface area contributed by atoms with Crippen LogP contribution in [0.5, 0.6) is 0 Å². The molecule has 0 aliphatic carbocycles. The molecule has 4 nitrogen and oxygen atoms in total. The van der Waals surface area contributed by atoms with Crippen molar-refractivity contribution in [2.24, 2.45) is 0 Å². The summed E-state index contributed by atoms with van der Waals surface area (Å²) in [4.78, 5) is 4.15. The molecule has 0 aliphatic rings. The van der Waals surface area contributed by atoms with E-state index in [1.54, 1.807) is 4.52 Å². The summed E-state index contributed by atoms with van der Waals surface area (Å²) >= 11 is 3.42. The molecule has 2 aromatic heterocycles. The monoisotopic (exact) mass is 283 g/mol. The quantitative estimate of drug-likeness (QED) is 0.942. The molecule has 16 heavy (non-hydrogen) atoms. The molecule has 0 bridgehead atoms. The fraction of sp³-hybridized carbons (Fsp3) is 0.455. The number of nitrogens with zero attached hydrogens (tertiary/aromatic N) is 3. The molecular weight excluding hydrogens is 270 g/mol. The van der Waals surface area contributed by atoms with Crippen LogP contribution in [-0.4, -0.2) is 19.7 Å². The van der Waals surface area contributed by atoms with E-state index in [1.165, 1.54) is 6.33 Å². The molecule has 0 radical (unpaired) electrons. The summed E-state index contributed by atoms with van der Waals surface area (Å²) in [7, 11) is 0. The minimum Gasteiger partial charge on any atom is -0.384 e. The second-order valence-electron chi connectivity index (χ2n) is 3.80. The van der Waals surface area contributed by atoms with E-state index in [9.17, 15) is 5.11 Å². The third-order valence-corrected chi connectivity index (χ3v) is 3.64. The third kappa shape index (κ3) is 1.64. The van der Waals surface area contributed by atoms with Gasteiger partial charge in [-0.05, 0) is 40.9 Å². The van der Waals surface area contributed by atoms with Crippen LogP contribution in [0.15, 0.2) is 22.9 Å². The molecule has 2 heterocycles.